The Morgan fingerprint density at radius 1 is 1.00 bits per heavy atom. The van der Waals surface area contributed by atoms with Crippen LogP contribution in [0.1, 0.15) is 38.5 Å². The number of hydrogen-bond donors (Lipinski definition) is 0. The maximum atomic E-state index is 12.0. The number of methoxy groups -OCH3 is 2. The van der Waals surface area contributed by atoms with Gasteiger partial charge < -0.3 is 14.4 Å². The van der Waals surface area contributed by atoms with E-state index in [1.165, 1.54) is 39.9 Å². The molecule has 1 aliphatic heterocycles. The minimum Gasteiger partial charge on any atom is -0.468 e. The highest BCUT2D eigenvalue weighted by Crippen LogP contribution is 2.37. The van der Waals surface area contributed by atoms with Crippen LogP contribution in [-0.4, -0.2) is 50.2 Å². The maximum Gasteiger partial charge on any atom is 0.323 e. The van der Waals surface area contributed by atoms with Crippen molar-refractivity contribution >= 4 is 11.9 Å². The summed E-state index contributed by atoms with van der Waals surface area (Å²) in [6.07, 6.45) is 6.07. The molecule has 0 aromatic heterocycles. The van der Waals surface area contributed by atoms with Gasteiger partial charge in [0.05, 0.1) is 14.2 Å². The molecule has 0 aromatic rings. The Kier molecular flexibility index (Phi) is 4.45. The van der Waals surface area contributed by atoms with Gasteiger partial charge in [-0.25, -0.2) is 0 Å². The second-order valence-corrected chi connectivity index (χ2v) is 5.54. The van der Waals surface area contributed by atoms with Gasteiger partial charge in [0.2, 0.25) is 0 Å². The molecule has 19 heavy (non-hydrogen) atoms. The molecule has 108 valence electrons. The molecule has 0 amide bonds. The fraction of sp³-hybridized carbons (Fsp3) is 0.857. The normalized spacial score (nSPS) is 24.1. The molecule has 1 heterocycles. The lowest BCUT2D eigenvalue weighted by Crippen LogP contribution is -2.51. The van der Waals surface area contributed by atoms with Gasteiger partial charge in [-0.2, -0.15) is 0 Å². The molecule has 0 atom stereocenters. The zero-order chi connectivity index (χ0) is 13.9. The van der Waals surface area contributed by atoms with Crippen LogP contribution in [0.4, 0.5) is 0 Å². The van der Waals surface area contributed by atoms with E-state index in [0.717, 1.165) is 13.1 Å². The van der Waals surface area contributed by atoms with Crippen molar-refractivity contribution in [3.63, 3.8) is 0 Å². The number of likely N-dealkylation sites (tertiary alicyclic amines) is 1. The number of carbonyl (C=O) groups excluding carboxylic acids is 2. The highest BCUT2D eigenvalue weighted by atomic mass is 16.5. The van der Waals surface area contributed by atoms with Crippen molar-refractivity contribution in [3.05, 3.63) is 0 Å². The first-order valence-corrected chi connectivity index (χ1v) is 7.05. The standard InChI is InChI=1S/C14H23NO4/c1-18-12(16)14(13(17)19-2)7-9-15(10-8-14)11-5-3-4-6-11/h11H,3-10H2,1-2H3. The topological polar surface area (TPSA) is 55.8 Å². The summed E-state index contributed by atoms with van der Waals surface area (Å²) in [5, 5.41) is 0. The lowest BCUT2D eigenvalue weighted by atomic mass is 9.78. The monoisotopic (exact) mass is 269 g/mol. The molecule has 5 heteroatoms. The van der Waals surface area contributed by atoms with Crippen LogP contribution >= 0.6 is 0 Å². The van der Waals surface area contributed by atoms with Crippen molar-refractivity contribution in [2.24, 2.45) is 5.41 Å². The van der Waals surface area contributed by atoms with Gasteiger partial charge in [-0.05, 0) is 25.7 Å². The van der Waals surface area contributed by atoms with Gasteiger partial charge in [0, 0.05) is 19.1 Å². The number of piperidine rings is 1. The molecular formula is C14H23NO4. The molecule has 0 aromatic carbocycles. The molecule has 0 bridgehead atoms. The van der Waals surface area contributed by atoms with Crippen LogP contribution in [0.15, 0.2) is 0 Å². The van der Waals surface area contributed by atoms with E-state index in [1.54, 1.807) is 0 Å². The van der Waals surface area contributed by atoms with Crippen molar-refractivity contribution in [2.75, 3.05) is 27.3 Å². The Labute approximate surface area is 114 Å². The van der Waals surface area contributed by atoms with Gasteiger partial charge in [-0.1, -0.05) is 12.8 Å². The molecule has 1 aliphatic carbocycles. The van der Waals surface area contributed by atoms with E-state index in [-0.39, 0.29) is 0 Å². The average molecular weight is 269 g/mol. The number of nitrogens with zero attached hydrogens (tertiary/aromatic N) is 1. The summed E-state index contributed by atoms with van der Waals surface area (Å²) in [5.41, 5.74) is -1.08. The molecule has 1 saturated carbocycles. The first-order chi connectivity index (χ1) is 9.14. The van der Waals surface area contributed by atoms with Crippen LogP contribution in [-0.2, 0) is 19.1 Å². The fourth-order valence-corrected chi connectivity index (χ4v) is 3.42. The number of esters is 2. The molecule has 5 nitrogen and oxygen atoms in total. The number of rotatable bonds is 3. The summed E-state index contributed by atoms with van der Waals surface area (Å²) in [6.45, 7) is 1.55. The zero-order valence-electron chi connectivity index (χ0n) is 11.8. The van der Waals surface area contributed by atoms with Crippen molar-refractivity contribution in [1.29, 1.82) is 0 Å². The highest BCUT2D eigenvalue weighted by Gasteiger charge is 2.50. The summed E-state index contributed by atoms with van der Waals surface area (Å²) in [7, 11) is 2.66. The molecule has 0 radical (unpaired) electrons. The smallest absolute Gasteiger partial charge is 0.323 e. The predicted octanol–water partition coefficient (Wildman–Crippen LogP) is 1.36. The lowest BCUT2D eigenvalue weighted by molar-refractivity contribution is -0.173. The third-order valence-electron chi connectivity index (χ3n) is 4.64. The second-order valence-electron chi connectivity index (χ2n) is 5.54. The molecule has 1 saturated heterocycles. The first kappa shape index (κ1) is 14.3. The van der Waals surface area contributed by atoms with E-state index < -0.39 is 17.4 Å². The van der Waals surface area contributed by atoms with Gasteiger partial charge in [0.25, 0.3) is 0 Å². The molecule has 2 aliphatic rings. The third kappa shape index (κ3) is 2.61. The summed E-state index contributed by atoms with van der Waals surface area (Å²) in [6, 6.07) is 0.633. The summed E-state index contributed by atoms with van der Waals surface area (Å²) < 4.78 is 9.64. The Balaban J connectivity index is 2.04. The third-order valence-corrected chi connectivity index (χ3v) is 4.64. The van der Waals surface area contributed by atoms with Crippen molar-refractivity contribution in [2.45, 2.75) is 44.6 Å². The highest BCUT2D eigenvalue weighted by molar-refractivity contribution is 6.00. The Bertz CT molecular complexity index is 323. The van der Waals surface area contributed by atoms with E-state index in [1.807, 2.05) is 0 Å². The second kappa shape index (κ2) is 5.90. The molecule has 2 fully saturated rings. The first-order valence-electron chi connectivity index (χ1n) is 7.05. The molecule has 2 rings (SSSR count). The molecule has 0 N–H and O–H groups in total. The summed E-state index contributed by atoms with van der Waals surface area (Å²) in [5.74, 6) is -0.907. The SMILES string of the molecule is COC(=O)C1(C(=O)OC)CCN(C2CCCC2)CC1. The Morgan fingerprint density at radius 3 is 1.89 bits per heavy atom. The number of carbonyl (C=O) groups is 2. The molecular weight excluding hydrogens is 246 g/mol. The number of hydrogen-bond acceptors (Lipinski definition) is 5. The van der Waals surface area contributed by atoms with Crippen molar-refractivity contribution in [3.8, 4) is 0 Å². The van der Waals surface area contributed by atoms with Gasteiger partial charge in [0.15, 0.2) is 5.41 Å². The van der Waals surface area contributed by atoms with E-state index in [2.05, 4.69) is 4.90 Å². The van der Waals surface area contributed by atoms with E-state index in [0.29, 0.717) is 18.9 Å². The van der Waals surface area contributed by atoms with E-state index in [4.69, 9.17) is 9.47 Å². The van der Waals surface area contributed by atoms with Crippen LogP contribution in [0.25, 0.3) is 0 Å². The van der Waals surface area contributed by atoms with Crippen molar-refractivity contribution < 1.29 is 19.1 Å². The lowest BCUT2D eigenvalue weighted by Gasteiger charge is -2.40. The van der Waals surface area contributed by atoms with Crippen LogP contribution < -0.4 is 0 Å². The van der Waals surface area contributed by atoms with Crippen LogP contribution in [0.2, 0.25) is 0 Å². The average Bonchev–Trinajstić information content (AvgIpc) is 2.99. The van der Waals surface area contributed by atoms with Gasteiger partial charge in [-0.3, -0.25) is 9.59 Å². The fourth-order valence-electron chi connectivity index (χ4n) is 3.42. The van der Waals surface area contributed by atoms with E-state index in [9.17, 15) is 9.59 Å². The maximum absolute atomic E-state index is 12.0. The largest absolute Gasteiger partial charge is 0.468 e. The minimum absolute atomic E-state index is 0.453. The molecule has 0 unspecified atom stereocenters. The quantitative estimate of drug-likeness (QED) is 0.572. The zero-order valence-corrected chi connectivity index (χ0v) is 11.8. The Hall–Kier alpha value is -1.10. The van der Waals surface area contributed by atoms with Crippen LogP contribution in [0.3, 0.4) is 0 Å². The molecule has 0 spiro atoms. The minimum atomic E-state index is -1.08. The summed E-state index contributed by atoms with van der Waals surface area (Å²) >= 11 is 0. The van der Waals surface area contributed by atoms with Crippen LogP contribution in [0.5, 0.6) is 0 Å². The predicted molar refractivity (Wildman–Crippen MR) is 69.5 cm³/mol. The Morgan fingerprint density at radius 2 is 1.47 bits per heavy atom. The van der Waals surface area contributed by atoms with Crippen molar-refractivity contribution in [1.82, 2.24) is 4.90 Å². The van der Waals surface area contributed by atoms with Gasteiger partial charge >= 0.3 is 11.9 Å². The van der Waals surface area contributed by atoms with E-state index >= 15 is 0 Å². The number of ether oxygens (including phenoxy) is 2. The summed E-state index contributed by atoms with van der Waals surface area (Å²) in [4.78, 5) is 26.4. The van der Waals surface area contributed by atoms with Gasteiger partial charge in [-0.15, -0.1) is 0 Å². The van der Waals surface area contributed by atoms with Gasteiger partial charge in [0.1, 0.15) is 0 Å². The van der Waals surface area contributed by atoms with Crippen LogP contribution in [0, 0.1) is 5.41 Å².